The summed E-state index contributed by atoms with van der Waals surface area (Å²) in [7, 11) is 1.64. The van der Waals surface area contributed by atoms with Crippen molar-refractivity contribution in [3.8, 4) is 5.75 Å². The molecule has 0 unspecified atom stereocenters. The van der Waals surface area contributed by atoms with Gasteiger partial charge in [-0.1, -0.05) is 17.7 Å². The van der Waals surface area contributed by atoms with E-state index in [9.17, 15) is 0 Å². The number of hydrogen-bond donors (Lipinski definition) is 2. The second-order valence-corrected chi connectivity index (χ2v) is 5.11. The highest BCUT2D eigenvalue weighted by molar-refractivity contribution is 7.80. The molecular weight excluding hydrogens is 292 g/mol. The van der Waals surface area contributed by atoms with E-state index in [1.807, 2.05) is 49.4 Å². The van der Waals surface area contributed by atoms with Crippen LogP contribution in [0.25, 0.3) is 0 Å². The van der Waals surface area contributed by atoms with E-state index < -0.39 is 0 Å². The second-order valence-electron chi connectivity index (χ2n) is 4.27. The molecule has 0 saturated carbocycles. The van der Waals surface area contributed by atoms with E-state index in [2.05, 4.69) is 10.6 Å². The number of nitrogens with one attached hydrogen (secondary N) is 2. The minimum atomic E-state index is 0.514. The Balaban J connectivity index is 2.03. The molecule has 2 aromatic rings. The number of benzene rings is 2. The van der Waals surface area contributed by atoms with Crippen LogP contribution in [0.4, 0.5) is 11.4 Å². The van der Waals surface area contributed by atoms with Gasteiger partial charge in [0.2, 0.25) is 0 Å². The Kier molecular flexibility index (Phi) is 4.82. The highest BCUT2D eigenvalue weighted by Crippen LogP contribution is 2.21. The van der Waals surface area contributed by atoms with Crippen LogP contribution in [0.3, 0.4) is 0 Å². The highest BCUT2D eigenvalue weighted by atomic mass is 35.5. The van der Waals surface area contributed by atoms with Gasteiger partial charge in [0.25, 0.3) is 0 Å². The average molecular weight is 307 g/mol. The summed E-state index contributed by atoms with van der Waals surface area (Å²) >= 11 is 11.3. The van der Waals surface area contributed by atoms with Gasteiger partial charge in [-0.3, -0.25) is 0 Å². The number of thiocarbonyl (C=S) groups is 1. The first kappa shape index (κ1) is 14.6. The Morgan fingerprint density at radius 3 is 2.45 bits per heavy atom. The third-order valence-corrected chi connectivity index (χ3v) is 3.23. The van der Waals surface area contributed by atoms with Crippen LogP contribution in [0.1, 0.15) is 5.56 Å². The third-order valence-electron chi connectivity index (χ3n) is 2.80. The number of methoxy groups -OCH3 is 1. The van der Waals surface area contributed by atoms with Gasteiger partial charge < -0.3 is 15.4 Å². The SMILES string of the molecule is COc1ccc(NC(=S)Nc2cc(Cl)ccc2C)cc1. The first-order valence-electron chi connectivity index (χ1n) is 6.06. The molecule has 0 atom stereocenters. The fraction of sp³-hybridized carbons (Fsp3) is 0.133. The molecule has 5 heteroatoms. The second kappa shape index (κ2) is 6.59. The van der Waals surface area contributed by atoms with Crippen molar-refractivity contribution in [1.82, 2.24) is 0 Å². The summed E-state index contributed by atoms with van der Waals surface area (Å²) in [6, 6.07) is 13.2. The monoisotopic (exact) mass is 306 g/mol. The summed E-state index contributed by atoms with van der Waals surface area (Å²) in [4.78, 5) is 0. The molecule has 0 fully saturated rings. The Morgan fingerprint density at radius 1 is 1.10 bits per heavy atom. The Morgan fingerprint density at radius 2 is 1.80 bits per heavy atom. The van der Waals surface area contributed by atoms with Crippen LogP contribution < -0.4 is 15.4 Å². The molecule has 2 N–H and O–H groups in total. The lowest BCUT2D eigenvalue weighted by molar-refractivity contribution is 0.415. The van der Waals surface area contributed by atoms with Crippen LogP contribution >= 0.6 is 23.8 Å². The van der Waals surface area contributed by atoms with Gasteiger partial charge in [-0.15, -0.1) is 0 Å². The Labute approximate surface area is 128 Å². The van der Waals surface area contributed by atoms with Crippen LogP contribution in [0.5, 0.6) is 5.75 Å². The van der Waals surface area contributed by atoms with Crippen molar-refractivity contribution in [2.75, 3.05) is 17.7 Å². The number of hydrogen-bond acceptors (Lipinski definition) is 2. The van der Waals surface area contributed by atoms with E-state index in [1.165, 1.54) is 0 Å². The number of rotatable bonds is 3. The molecule has 20 heavy (non-hydrogen) atoms. The molecule has 0 heterocycles. The largest absolute Gasteiger partial charge is 0.497 e. The number of anilines is 2. The van der Waals surface area contributed by atoms with Gasteiger partial charge in [0, 0.05) is 16.4 Å². The fourth-order valence-electron chi connectivity index (χ4n) is 1.69. The normalized spacial score (nSPS) is 9.95. The van der Waals surface area contributed by atoms with E-state index in [-0.39, 0.29) is 0 Å². The lowest BCUT2D eigenvalue weighted by atomic mass is 10.2. The van der Waals surface area contributed by atoms with E-state index in [0.717, 1.165) is 22.7 Å². The van der Waals surface area contributed by atoms with Crippen LogP contribution in [0, 0.1) is 6.92 Å². The van der Waals surface area contributed by atoms with Crippen molar-refractivity contribution in [3.05, 3.63) is 53.1 Å². The van der Waals surface area contributed by atoms with Crippen molar-refractivity contribution in [2.45, 2.75) is 6.92 Å². The molecular formula is C15H15ClN2OS. The molecule has 0 saturated heterocycles. The molecule has 0 aromatic heterocycles. The topological polar surface area (TPSA) is 33.3 Å². The number of halogens is 1. The van der Waals surface area contributed by atoms with Gasteiger partial charge >= 0.3 is 0 Å². The molecule has 0 radical (unpaired) electrons. The van der Waals surface area contributed by atoms with Gasteiger partial charge in [0.05, 0.1) is 7.11 Å². The molecule has 2 rings (SSSR count). The predicted octanol–water partition coefficient (Wildman–Crippen LogP) is 4.47. The first-order chi connectivity index (χ1) is 9.58. The summed E-state index contributed by atoms with van der Waals surface area (Å²) in [5.74, 6) is 0.806. The van der Waals surface area contributed by atoms with Crippen molar-refractivity contribution in [1.29, 1.82) is 0 Å². The minimum absolute atomic E-state index is 0.514. The quantitative estimate of drug-likeness (QED) is 0.820. The van der Waals surface area contributed by atoms with Crippen LogP contribution in [-0.2, 0) is 0 Å². The van der Waals surface area contributed by atoms with E-state index in [0.29, 0.717) is 10.1 Å². The molecule has 0 aliphatic heterocycles. The van der Waals surface area contributed by atoms with E-state index in [1.54, 1.807) is 7.11 Å². The maximum absolute atomic E-state index is 5.98. The highest BCUT2D eigenvalue weighted by Gasteiger charge is 2.03. The molecule has 104 valence electrons. The summed E-state index contributed by atoms with van der Waals surface area (Å²) in [5.41, 5.74) is 2.86. The van der Waals surface area contributed by atoms with Crippen molar-refractivity contribution >= 4 is 40.3 Å². The zero-order valence-electron chi connectivity index (χ0n) is 11.2. The molecule has 0 aliphatic rings. The summed E-state index contributed by atoms with van der Waals surface area (Å²) in [5, 5.41) is 7.43. The molecule has 0 aliphatic carbocycles. The molecule has 0 amide bonds. The Bertz CT molecular complexity index is 614. The summed E-state index contributed by atoms with van der Waals surface area (Å²) < 4.78 is 5.11. The van der Waals surface area contributed by atoms with Crippen LogP contribution in [-0.4, -0.2) is 12.2 Å². The molecule has 0 bridgehead atoms. The predicted molar refractivity (Wildman–Crippen MR) is 89.0 cm³/mol. The lowest BCUT2D eigenvalue weighted by Crippen LogP contribution is -2.19. The van der Waals surface area contributed by atoms with Crippen LogP contribution in [0.2, 0.25) is 5.02 Å². The van der Waals surface area contributed by atoms with E-state index in [4.69, 9.17) is 28.6 Å². The zero-order valence-corrected chi connectivity index (χ0v) is 12.8. The summed E-state index contributed by atoms with van der Waals surface area (Å²) in [6.07, 6.45) is 0. The average Bonchev–Trinajstić information content (AvgIpc) is 2.43. The lowest BCUT2D eigenvalue weighted by Gasteiger charge is -2.13. The third kappa shape index (κ3) is 3.85. The maximum atomic E-state index is 5.98. The first-order valence-corrected chi connectivity index (χ1v) is 6.85. The molecule has 0 spiro atoms. The molecule has 3 nitrogen and oxygen atoms in total. The summed E-state index contributed by atoms with van der Waals surface area (Å²) in [6.45, 7) is 1.99. The van der Waals surface area contributed by atoms with Crippen molar-refractivity contribution < 1.29 is 4.74 Å². The van der Waals surface area contributed by atoms with Gasteiger partial charge in [-0.05, 0) is 61.1 Å². The molecule has 2 aromatic carbocycles. The van der Waals surface area contributed by atoms with Gasteiger partial charge in [0.15, 0.2) is 5.11 Å². The van der Waals surface area contributed by atoms with Gasteiger partial charge in [-0.2, -0.15) is 0 Å². The van der Waals surface area contributed by atoms with Gasteiger partial charge in [-0.25, -0.2) is 0 Å². The van der Waals surface area contributed by atoms with Crippen LogP contribution in [0.15, 0.2) is 42.5 Å². The van der Waals surface area contributed by atoms with E-state index >= 15 is 0 Å². The van der Waals surface area contributed by atoms with Gasteiger partial charge in [0.1, 0.15) is 5.75 Å². The standard InChI is InChI=1S/C15H15ClN2OS/c1-10-3-4-11(16)9-14(10)18-15(20)17-12-5-7-13(19-2)8-6-12/h3-9H,1-2H3,(H2,17,18,20). The van der Waals surface area contributed by atoms with Crippen molar-refractivity contribution in [2.24, 2.45) is 0 Å². The Hall–Kier alpha value is -1.78. The maximum Gasteiger partial charge on any atom is 0.175 e. The van der Waals surface area contributed by atoms with Crippen molar-refractivity contribution in [3.63, 3.8) is 0 Å². The number of ether oxygens (including phenoxy) is 1. The smallest absolute Gasteiger partial charge is 0.175 e. The number of aryl methyl sites for hydroxylation is 1. The zero-order chi connectivity index (χ0) is 14.5. The fourth-order valence-corrected chi connectivity index (χ4v) is 2.09. The minimum Gasteiger partial charge on any atom is -0.497 e.